The summed E-state index contributed by atoms with van der Waals surface area (Å²) in [4.78, 5) is 4.33. The highest BCUT2D eigenvalue weighted by atomic mass is 16.5. The molecule has 1 aromatic heterocycles. The van der Waals surface area contributed by atoms with E-state index < -0.39 is 0 Å². The van der Waals surface area contributed by atoms with E-state index in [1.807, 2.05) is 13.8 Å². The van der Waals surface area contributed by atoms with Crippen molar-refractivity contribution in [2.45, 2.75) is 52.7 Å². The minimum absolute atomic E-state index is 0.0938. The number of hydrogen-bond donors (Lipinski definition) is 1. The van der Waals surface area contributed by atoms with Gasteiger partial charge in [0, 0.05) is 6.61 Å². The Bertz CT molecular complexity index is 325. The third-order valence-electron chi connectivity index (χ3n) is 2.53. The Morgan fingerprint density at radius 2 is 2.06 bits per heavy atom. The van der Waals surface area contributed by atoms with Gasteiger partial charge in [-0.2, -0.15) is 4.98 Å². The fourth-order valence-electron chi connectivity index (χ4n) is 1.71. The van der Waals surface area contributed by atoms with E-state index in [4.69, 9.17) is 15.0 Å². The second-order valence-electron chi connectivity index (χ2n) is 4.58. The maximum Gasteiger partial charge on any atom is 0.243 e. The van der Waals surface area contributed by atoms with Gasteiger partial charge < -0.3 is 15.0 Å². The summed E-state index contributed by atoms with van der Waals surface area (Å²) in [5.41, 5.74) is 5.99. The maximum absolute atomic E-state index is 5.99. The van der Waals surface area contributed by atoms with Crippen molar-refractivity contribution < 1.29 is 9.26 Å². The predicted octanol–water partition coefficient (Wildman–Crippen LogP) is 2.60. The van der Waals surface area contributed by atoms with E-state index in [9.17, 15) is 0 Å². The molecule has 0 spiro atoms. The molecule has 0 aliphatic carbocycles. The van der Waals surface area contributed by atoms with E-state index >= 15 is 0 Å². The van der Waals surface area contributed by atoms with Gasteiger partial charge in [0.1, 0.15) is 6.10 Å². The van der Waals surface area contributed by atoms with Crippen LogP contribution in [0, 0.1) is 5.92 Å². The van der Waals surface area contributed by atoms with Crippen molar-refractivity contribution in [3.05, 3.63) is 11.7 Å². The maximum atomic E-state index is 5.99. The molecule has 5 heteroatoms. The molecule has 1 aromatic rings. The van der Waals surface area contributed by atoms with E-state index in [1.165, 1.54) is 0 Å². The first-order chi connectivity index (χ1) is 8.08. The highest BCUT2D eigenvalue weighted by molar-refractivity contribution is 4.95. The Hall–Kier alpha value is -0.940. The van der Waals surface area contributed by atoms with Crippen LogP contribution >= 0.6 is 0 Å². The molecule has 1 rings (SSSR count). The molecule has 0 bridgehead atoms. The largest absolute Gasteiger partial charge is 0.370 e. The first-order valence-electron chi connectivity index (χ1n) is 6.29. The van der Waals surface area contributed by atoms with Crippen LogP contribution in [0.25, 0.3) is 0 Å². The van der Waals surface area contributed by atoms with Crippen molar-refractivity contribution >= 4 is 0 Å². The van der Waals surface area contributed by atoms with Crippen LogP contribution in [0.15, 0.2) is 4.52 Å². The second kappa shape index (κ2) is 6.71. The number of nitrogens with zero attached hydrogens (tertiary/aromatic N) is 2. The fraction of sp³-hybridized carbons (Fsp3) is 0.833. The minimum atomic E-state index is -0.185. The van der Waals surface area contributed by atoms with Gasteiger partial charge in [0.15, 0.2) is 0 Å². The van der Waals surface area contributed by atoms with Crippen LogP contribution in [0.1, 0.15) is 64.4 Å². The lowest BCUT2D eigenvalue weighted by atomic mass is 10.0. The molecule has 2 N–H and O–H groups in total. The van der Waals surface area contributed by atoms with Gasteiger partial charge in [-0.05, 0) is 25.7 Å². The molecule has 17 heavy (non-hydrogen) atoms. The van der Waals surface area contributed by atoms with E-state index in [0.29, 0.717) is 24.2 Å². The Labute approximate surface area is 103 Å². The quantitative estimate of drug-likeness (QED) is 0.794. The molecular weight excluding hydrogens is 218 g/mol. The molecule has 0 aliphatic rings. The van der Waals surface area contributed by atoms with Crippen LogP contribution in [0.2, 0.25) is 0 Å². The van der Waals surface area contributed by atoms with Crippen LogP contribution in [0.3, 0.4) is 0 Å². The first kappa shape index (κ1) is 14.1. The average Bonchev–Trinajstić information content (AvgIpc) is 2.74. The summed E-state index contributed by atoms with van der Waals surface area (Å²) in [7, 11) is 0. The molecule has 2 atom stereocenters. The molecule has 0 saturated carbocycles. The van der Waals surface area contributed by atoms with Gasteiger partial charge in [-0.3, -0.25) is 0 Å². The van der Waals surface area contributed by atoms with Crippen LogP contribution in [0.4, 0.5) is 0 Å². The molecule has 5 nitrogen and oxygen atoms in total. The average molecular weight is 241 g/mol. The SMILES string of the molecule is CCOC(CC)c1noc([C@@H](N)CC(C)C)n1. The fourth-order valence-corrected chi connectivity index (χ4v) is 1.71. The standard InChI is InChI=1S/C12H23N3O2/c1-5-10(16-6-2)11-14-12(17-15-11)9(13)7-8(3)4/h8-10H,5-7,13H2,1-4H3/t9-,10?/m0/s1. The summed E-state index contributed by atoms with van der Waals surface area (Å²) in [5.74, 6) is 1.62. The first-order valence-corrected chi connectivity index (χ1v) is 6.29. The van der Waals surface area contributed by atoms with E-state index in [1.54, 1.807) is 0 Å². The number of nitrogens with two attached hydrogens (primary N) is 1. The number of aromatic nitrogens is 2. The van der Waals surface area contributed by atoms with Crippen molar-refractivity contribution in [2.24, 2.45) is 11.7 Å². The Morgan fingerprint density at radius 3 is 2.59 bits per heavy atom. The Morgan fingerprint density at radius 1 is 1.35 bits per heavy atom. The summed E-state index contributed by atoms with van der Waals surface area (Å²) < 4.78 is 10.7. The molecule has 0 aromatic carbocycles. The van der Waals surface area contributed by atoms with Crippen LogP contribution in [-0.2, 0) is 4.74 Å². The van der Waals surface area contributed by atoms with Crippen LogP contribution < -0.4 is 5.73 Å². The lowest BCUT2D eigenvalue weighted by Gasteiger charge is -2.10. The lowest BCUT2D eigenvalue weighted by molar-refractivity contribution is 0.0518. The van der Waals surface area contributed by atoms with Crippen LogP contribution in [-0.4, -0.2) is 16.7 Å². The molecule has 0 saturated heterocycles. The van der Waals surface area contributed by atoms with Crippen molar-refractivity contribution in [3.8, 4) is 0 Å². The molecule has 1 heterocycles. The van der Waals surface area contributed by atoms with Gasteiger partial charge in [-0.25, -0.2) is 0 Å². The highest BCUT2D eigenvalue weighted by Crippen LogP contribution is 2.22. The number of hydrogen-bond acceptors (Lipinski definition) is 5. The van der Waals surface area contributed by atoms with Gasteiger partial charge in [-0.15, -0.1) is 0 Å². The molecule has 0 radical (unpaired) electrons. The van der Waals surface area contributed by atoms with Gasteiger partial charge in [-0.1, -0.05) is 25.9 Å². The monoisotopic (exact) mass is 241 g/mol. The second-order valence-corrected chi connectivity index (χ2v) is 4.58. The Balaban J connectivity index is 2.69. The molecule has 0 aliphatic heterocycles. The summed E-state index contributed by atoms with van der Waals surface area (Å²) >= 11 is 0. The van der Waals surface area contributed by atoms with Gasteiger partial charge in [0.25, 0.3) is 0 Å². The van der Waals surface area contributed by atoms with Crippen LogP contribution in [0.5, 0.6) is 0 Å². The van der Waals surface area contributed by atoms with Gasteiger partial charge >= 0.3 is 0 Å². The highest BCUT2D eigenvalue weighted by Gasteiger charge is 2.20. The molecule has 1 unspecified atom stereocenters. The van der Waals surface area contributed by atoms with E-state index in [2.05, 4.69) is 24.0 Å². The van der Waals surface area contributed by atoms with Crippen molar-refractivity contribution in [3.63, 3.8) is 0 Å². The summed E-state index contributed by atoms with van der Waals surface area (Å²) in [6.45, 7) is 8.86. The zero-order chi connectivity index (χ0) is 12.8. The molecule has 0 fully saturated rings. The molecule has 0 amide bonds. The minimum Gasteiger partial charge on any atom is -0.370 e. The summed E-state index contributed by atoms with van der Waals surface area (Å²) in [6, 6.07) is -0.185. The van der Waals surface area contributed by atoms with Gasteiger partial charge in [0.2, 0.25) is 11.7 Å². The normalized spacial score (nSPS) is 15.2. The third-order valence-corrected chi connectivity index (χ3v) is 2.53. The number of ether oxygens (including phenoxy) is 1. The Kier molecular flexibility index (Phi) is 5.58. The number of rotatable bonds is 7. The third kappa shape index (κ3) is 4.09. The summed E-state index contributed by atoms with van der Waals surface area (Å²) in [6.07, 6.45) is 1.57. The van der Waals surface area contributed by atoms with Crippen molar-refractivity contribution in [2.75, 3.05) is 6.61 Å². The topological polar surface area (TPSA) is 74.2 Å². The predicted molar refractivity (Wildman–Crippen MR) is 65.3 cm³/mol. The molecular formula is C12H23N3O2. The van der Waals surface area contributed by atoms with E-state index in [-0.39, 0.29) is 12.1 Å². The van der Waals surface area contributed by atoms with Gasteiger partial charge in [0.05, 0.1) is 6.04 Å². The smallest absolute Gasteiger partial charge is 0.243 e. The van der Waals surface area contributed by atoms with Crippen molar-refractivity contribution in [1.29, 1.82) is 0 Å². The lowest BCUT2D eigenvalue weighted by Crippen LogP contribution is -2.13. The van der Waals surface area contributed by atoms with Crippen molar-refractivity contribution in [1.82, 2.24) is 10.1 Å². The molecule has 98 valence electrons. The van der Waals surface area contributed by atoms with E-state index in [0.717, 1.165) is 12.8 Å². The zero-order valence-corrected chi connectivity index (χ0v) is 11.1. The zero-order valence-electron chi connectivity index (χ0n) is 11.1. The summed E-state index contributed by atoms with van der Waals surface area (Å²) in [5, 5.41) is 3.94.